The first-order valence-electron chi connectivity index (χ1n) is 7.42. The number of nitrogens with one attached hydrogen (secondary N) is 2. The Balaban J connectivity index is 1.82. The van der Waals surface area contributed by atoms with E-state index in [1.54, 1.807) is 6.92 Å². The summed E-state index contributed by atoms with van der Waals surface area (Å²) in [6, 6.07) is 7.51. The zero-order valence-electron chi connectivity index (χ0n) is 13.2. The van der Waals surface area contributed by atoms with Gasteiger partial charge < -0.3 is 10.6 Å². The number of aryl methyl sites for hydroxylation is 1. The lowest BCUT2D eigenvalue weighted by Crippen LogP contribution is -2.52. The highest BCUT2D eigenvalue weighted by Gasteiger charge is 2.49. The minimum atomic E-state index is -0.192. The summed E-state index contributed by atoms with van der Waals surface area (Å²) in [5.74, 6) is 0.735. The number of amides is 2. The van der Waals surface area contributed by atoms with Gasteiger partial charge in [0.2, 0.25) is 0 Å². The number of rotatable bonds is 4. The average Bonchev–Trinajstić information content (AvgIpc) is 2.36. The number of carbonyl (C=O) groups excluding carboxylic acids is 2. The molecule has 0 bridgehead atoms. The maximum absolute atomic E-state index is 11.9. The van der Waals surface area contributed by atoms with Crippen molar-refractivity contribution in [2.45, 2.75) is 34.1 Å². The van der Waals surface area contributed by atoms with Crippen molar-refractivity contribution in [2.75, 3.05) is 11.9 Å². The molecule has 0 spiro atoms. The van der Waals surface area contributed by atoms with Crippen LogP contribution >= 0.6 is 0 Å². The normalized spacial score (nSPS) is 23.0. The molecule has 0 aromatic heterocycles. The number of carbonyl (C=O) groups is 2. The van der Waals surface area contributed by atoms with E-state index >= 15 is 0 Å². The van der Waals surface area contributed by atoms with Gasteiger partial charge in [0.05, 0.1) is 0 Å². The lowest BCUT2D eigenvalue weighted by Gasteiger charge is -2.51. The van der Waals surface area contributed by atoms with Crippen molar-refractivity contribution in [3.8, 4) is 0 Å². The summed E-state index contributed by atoms with van der Waals surface area (Å²) in [4.78, 5) is 23.4. The minimum absolute atomic E-state index is 0.0253. The third kappa shape index (κ3) is 3.43. The lowest BCUT2D eigenvalue weighted by molar-refractivity contribution is -0.135. The van der Waals surface area contributed by atoms with Crippen LogP contribution in [0.4, 0.5) is 10.5 Å². The van der Waals surface area contributed by atoms with Crippen LogP contribution < -0.4 is 10.6 Å². The van der Waals surface area contributed by atoms with Crippen molar-refractivity contribution in [3.63, 3.8) is 0 Å². The molecule has 1 aromatic rings. The third-order valence-electron chi connectivity index (χ3n) is 4.75. The van der Waals surface area contributed by atoms with Gasteiger partial charge in [0.25, 0.3) is 0 Å². The van der Waals surface area contributed by atoms with E-state index < -0.39 is 0 Å². The molecule has 0 radical (unpaired) electrons. The SMILES string of the molecule is CC(=O)C1CC(CNC(=O)Nc2cccc(C)c2)C1(C)C. The van der Waals surface area contributed by atoms with Crippen molar-refractivity contribution in [1.29, 1.82) is 0 Å². The summed E-state index contributed by atoms with van der Waals surface area (Å²) < 4.78 is 0. The fourth-order valence-corrected chi connectivity index (χ4v) is 3.17. The first-order valence-corrected chi connectivity index (χ1v) is 7.42. The van der Waals surface area contributed by atoms with E-state index in [4.69, 9.17) is 0 Å². The molecule has 1 saturated carbocycles. The summed E-state index contributed by atoms with van der Waals surface area (Å²) in [7, 11) is 0. The lowest BCUT2D eigenvalue weighted by atomic mass is 9.53. The molecule has 0 aliphatic heterocycles. The maximum Gasteiger partial charge on any atom is 0.319 e. The van der Waals surface area contributed by atoms with Crippen LogP contribution in [0, 0.1) is 24.2 Å². The quantitative estimate of drug-likeness (QED) is 0.892. The van der Waals surface area contributed by atoms with Crippen LogP contribution in [0.1, 0.15) is 32.8 Å². The van der Waals surface area contributed by atoms with E-state index in [-0.39, 0.29) is 23.1 Å². The Morgan fingerprint density at radius 3 is 2.62 bits per heavy atom. The largest absolute Gasteiger partial charge is 0.338 e. The number of urea groups is 1. The van der Waals surface area contributed by atoms with Gasteiger partial charge >= 0.3 is 6.03 Å². The van der Waals surface area contributed by atoms with Crippen LogP contribution in [0.5, 0.6) is 0 Å². The van der Waals surface area contributed by atoms with Gasteiger partial charge in [-0.1, -0.05) is 26.0 Å². The molecule has 4 nitrogen and oxygen atoms in total. The predicted molar refractivity (Wildman–Crippen MR) is 84.3 cm³/mol. The van der Waals surface area contributed by atoms with Gasteiger partial charge in [-0.25, -0.2) is 4.79 Å². The monoisotopic (exact) mass is 288 g/mol. The molecular weight excluding hydrogens is 264 g/mol. The zero-order chi connectivity index (χ0) is 15.6. The van der Waals surface area contributed by atoms with Crippen molar-refractivity contribution in [3.05, 3.63) is 29.8 Å². The van der Waals surface area contributed by atoms with Crippen LogP contribution in [0.15, 0.2) is 24.3 Å². The molecule has 0 saturated heterocycles. The van der Waals surface area contributed by atoms with Gasteiger partial charge in [-0.3, -0.25) is 4.79 Å². The molecule has 1 aromatic carbocycles. The van der Waals surface area contributed by atoms with Gasteiger partial charge in [-0.2, -0.15) is 0 Å². The van der Waals surface area contributed by atoms with Crippen molar-refractivity contribution in [1.82, 2.24) is 5.32 Å². The van der Waals surface area contributed by atoms with E-state index in [0.29, 0.717) is 12.5 Å². The number of anilines is 1. The van der Waals surface area contributed by atoms with Crippen LogP contribution in [0.3, 0.4) is 0 Å². The first kappa shape index (κ1) is 15.5. The van der Waals surface area contributed by atoms with Crippen molar-refractivity contribution in [2.24, 2.45) is 17.3 Å². The Kier molecular flexibility index (Phi) is 4.35. The van der Waals surface area contributed by atoms with Crippen LogP contribution in [0.2, 0.25) is 0 Å². The van der Waals surface area contributed by atoms with Crippen molar-refractivity contribution < 1.29 is 9.59 Å². The second-order valence-electron chi connectivity index (χ2n) is 6.62. The van der Waals surface area contributed by atoms with E-state index in [2.05, 4.69) is 24.5 Å². The molecule has 1 fully saturated rings. The zero-order valence-corrected chi connectivity index (χ0v) is 13.2. The summed E-state index contributed by atoms with van der Waals surface area (Å²) >= 11 is 0. The first-order chi connectivity index (χ1) is 9.80. The van der Waals surface area contributed by atoms with Crippen LogP contribution in [-0.2, 0) is 4.79 Å². The Labute approximate surface area is 126 Å². The van der Waals surface area contributed by atoms with Gasteiger partial charge in [-0.05, 0) is 49.3 Å². The maximum atomic E-state index is 11.9. The van der Waals surface area contributed by atoms with Crippen molar-refractivity contribution >= 4 is 17.5 Å². The molecule has 2 N–H and O–H groups in total. The molecule has 1 aliphatic carbocycles. The molecule has 2 atom stereocenters. The molecule has 114 valence electrons. The smallest absolute Gasteiger partial charge is 0.319 e. The number of benzene rings is 1. The summed E-state index contributed by atoms with van der Waals surface area (Å²) in [6.45, 7) is 8.46. The highest BCUT2D eigenvalue weighted by atomic mass is 16.2. The highest BCUT2D eigenvalue weighted by Crippen LogP contribution is 2.51. The minimum Gasteiger partial charge on any atom is -0.338 e. The topological polar surface area (TPSA) is 58.2 Å². The van der Waals surface area contributed by atoms with Gasteiger partial charge in [-0.15, -0.1) is 0 Å². The second-order valence-corrected chi connectivity index (χ2v) is 6.62. The molecule has 21 heavy (non-hydrogen) atoms. The number of hydrogen-bond acceptors (Lipinski definition) is 2. The molecule has 0 heterocycles. The number of Topliss-reactive ketones (excluding diaryl/α,β-unsaturated/α-hetero) is 1. The Bertz CT molecular complexity index is 551. The Morgan fingerprint density at radius 1 is 1.33 bits per heavy atom. The van der Waals surface area contributed by atoms with Gasteiger partial charge in [0.15, 0.2) is 0 Å². The third-order valence-corrected chi connectivity index (χ3v) is 4.75. The van der Waals surface area contributed by atoms with E-state index in [0.717, 1.165) is 17.7 Å². The van der Waals surface area contributed by atoms with E-state index in [1.165, 1.54) is 0 Å². The van der Waals surface area contributed by atoms with E-state index in [9.17, 15) is 9.59 Å². The summed E-state index contributed by atoms with van der Waals surface area (Å²) in [5, 5.41) is 5.74. The fourth-order valence-electron chi connectivity index (χ4n) is 3.17. The average molecular weight is 288 g/mol. The van der Waals surface area contributed by atoms with Crippen LogP contribution in [0.25, 0.3) is 0 Å². The predicted octanol–water partition coefficient (Wildman–Crippen LogP) is 3.37. The Morgan fingerprint density at radius 2 is 2.05 bits per heavy atom. The highest BCUT2D eigenvalue weighted by molar-refractivity contribution is 5.89. The van der Waals surface area contributed by atoms with Gasteiger partial charge in [0, 0.05) is 18.2 Å². The molecule has 1 aliphatic rings. The summed E-state index contributed by atoms with van der Waals surface area (Å²) in [6.07, 6.45) is 0.868. The fraction of sp³-hybridized carbons (Fsp3) is 0.529. The molecule has 2 rings (SSSR count). The number of hydrogen-bond donors (Lipinski definition) is 2. The molecule has 2 unspecified atom stereocenters. The molecule has 4 heteroatoms. The van der Waals surface area contributed by atoms with E-state index in [1.807, 2.05) is 31.2 Å². The Hall–Kier alpha value is -1.84. The summed E-state index contributed by atoms with van der Waals surface area (Å²) in [5.41, 5.74) is 1.88. The second kappa shape index (κ2) is 5.88. The van der Waals surface area contributed by atoms with Crippen LogP contribution in [-0.4, -0.2) is 18.4 Å². The number of ketones is 1. The van der Waals surface area contributed by atoms with Gasteiger partial charge in [0.1, 0.15) is 5.78 Å². The standard InChI is InChI=1S/C17H24N2O2/c1-11-6-5-7-14(8-11)19-16(21)18-10-13-9-15(12(2)20)17(13,3)4/h5-8,13,15H,9-10H2,1-4H3,(H2,18,19,21). The molecular formula is C17H24N2O2. The molecule has 2 amide bonds.